The van der Waals surface area contributed by atoms with Crippen molar-refractivity contribution in [1.82, 2.24) is 9.97 Å². The van der Waals surface area contributed by atoms with Crippen molar-refractivity contribution in [3.63, 3.8) is 0 Å². The number of phenols is 2. The van der Waals surface area contributed by atoms with Crippen molar-refractivity contribution in [3.8, 4) is 34.0 Å². The molecule has 0 atom stereocenters. The van der Waals surface area contributed by atoms with Crippen molar-refractivity contribution in [2.45, 2.75) is 32.6 Å². The fourth-order valence-corrected chi connectivity index (χ4v) is 2.78. The normalized spacial score (nSPS) is 10.8. The lowest BCUT2D eigenvalue weighted by molar-refractivity contribution is 0.475. The van der Waals surface area contributed by atoms with Gasteiger partial charge in [-0.15, -0.1) is 0 Å². The number of phenolic OH excluding ortho intramolecular Hbond substituents is 2. The minimum absolute atomic E-state index is 0.237. The summed E-state index contributed by atoms with van der Waals surface area (Å²) in [6, 6.07) is 14.1. The molecule has 2 aromatic carbocycles. The first-order valence-electron chi connectivity index (χ1n) is 8.62. The van der Waals surface area contributed by atoms with Gasteiger partial charge in [0.15, 0.2) is 0 Å². The van der Waals surface area contributed by atoms with Crippen molar-refractivity contribution in [1.29, 1.82) is 0 Å². The van der Waals surface area contributed by atoms with Gasteiger partial charge in [-0.2, -0.15) is 0 Å². The largest absolute Gasteiger partial charge is 0.508 e. The van der Waals surface area contributed by atoms with E-state index in [0.717, 1.165) is 53.9 Å². The number of nitrogens with zero attached hydrogens (tertiary/aromatic N) is 2. The standard InChI is InChI=1S/C21H22N2O2/c1-2-3-4-5-19-21(16-8-12-18(25)13-9-16)22-14-20(23-19)15-6-10-17(24)11-7-15/h6-14,24-25H,2-5H2,1H3. The van der Waals surface area contributed by atoms with Crippen molar-refractivity contribution in [2.75, 3.05) is 0 Å². The Labute approximate surface area is 147 Å². The Morgan fingerprint density at radius 3 is 2.00 bits per heavy atom. The van der Waals surface area contributed by atoms with Crippen LogP contribution in [0.4, 0.5) is 0 Å². The second-order valence-corrected chi connectivity index (χ2v) is 6.10. The second kappa shape index (κ2) is 7.79. The summed E-state index contributed by atoms with van der Waals surface area (Å²) in [5, 5.41) is 19.0. The minimum Gasteiger partial charge on any atom is -0.508 e. The van der Waals surface area contributed by atoms with E-state index in [9.17, 15) is 10.2 Å². The molecule has 0 bridgehead atoms. The third-order valence-electron chi connectivity index (χ3n) is 4.17. The average Bonchev–Trinajstić information content (AvgIpc) is 2.63. The monoisotopic (exact) mass is 334 g/mol. The predicted octanol–water partition coefficient (Wildman–Crippen LogP) is 4.95. The Balaban J connectivity index is 1.99. The van der Waals surface area contributed by atoms with E-state index >= 15 is 0 Å². The van der Waals surface area contributed by atoms with Gasteiger partial charge in [0.1, 0.15) is 11.5 Å². The van der Waals surface area contributed by atoms with E-state index in [4.69, 9.17) is 4.98 Å². The Kier molecular flexibility index (Phi) is 5.29. The molecule has 128 valence electrons. The number of aryl methyl sites for hydroxylation is 1. The quantitative estimate of drug-likeness (QED) is 0.626. The number of unbranched alkanes of at least 4 members (excludes halogenated alkanes) is 2. The van der Waals surface area contributed by atoms with Crippen LogP contribution < -0.4 is 0 Å². The first-order chi connectivity index (χ1) is 12.2. The first kappa shape index (κ1) is 17.0. The highest BCUT2D eigenvalue weighted by Crippen LogP contribution is 2.27. The fourth-order valence-electron chi connectivity index (χ4n) is 2.78. The van der Waals surface area contributed by atoms with Crippen molar-refractivity contribution in [3.05, 3.63) is 60.4 Å². The van der Waals surface area contributed by atoms with E-state index in [0.29, 0.717) is 0 Å². The molecule has 4 heteroatoms. The van der Waals surface area contributed by atoms with Gasteiger partial charge in [-0.1, -0.05) is 19.8 Å². The number of rotatable bonds is 6. The smallest absolute Gasteiger partial charge is 0.115 e. The zero-order chi connectivity index (χ0) is 17.6. The summed E-state index contributed by atoms with van der Waals surface area (Å²) in [7, 11) is 0. The topological polar surface area (TPSA) is 66.2 Å². The zero-order valence-corrected chi connectivity index (χ0v) is 14.3. The molecule has 0 saturated carbocycles. The van der Waals surface area contributed by atoms with Crippen LogP contribution in [0.5, 0.6) is 11.5 Å². The van der Waals surface area contributed by atoms with Gasteiger partial charge in [0.05, 0.1) is 23.3 Å². The van der Waals surface area contributed by atoms with Crippen molar-refractivity contribution in [2.24, 2.45) is 0 Å². The van der Waals surface area contributed by atoms with Gasteiger partial charge >= 0.3 is 0 Å². The molecule has 0 aliphatic heterocycles. The lowest BCUT2D eigenvalue weighted by atomic mass is 10.0. The Morgan fingerprint density at radius 1 is 0.800 bits per heavy atom. The van der Waals surface area contributed by atoms with E-state index in [1.807, 2.05) is 24.3 Å². The molecule has 0 fully saturated rings. The maximum absolute atomic E-state index is 9.50. The van der Waals surface area contributed by atoms with E-state index in [1.54, 1.807) is 30.5 Å². The summed E-state index contributed by atoms with van der Waals surface area (Å²) >= 11 is 0. The van der Waals surface area contributed by atoms with E-state index < -0.39 is 0 Å². The Bertz CT molecular complexity index is 828. The van der Waals surface area contributed by atoms with Gasteiger partial charge in [0.25, 0.3) is 0 Å². The molecule has 4 nitrogen and oxygen atoms in total. The summed E-state index contributed by atoms with van der Waals surface area (Å²) < 4.78 is 0. The van der Waals surface area contributed by atoms with E-state index in [1.165, 1.54) is 0 Å². The summed E-state index contributed by atoms with van der Waals surface area (Å²) in [5.74, 6) is 0.477. The summed E-state index contributed by atoms with van der Waals surface area (Å²) in [5.41, 5.74) is 4.51. The van der Waals surface area contributed by atoms with Crippen molar-refractivity contribution < 1.29 is 10.2 Å². The van der Waals surface area contributed by atoms with Crippen molar-refractivity contribution >= 4 is 0 Å². The molecule has 1 aromatic heterocycles. The van der Waals surface area contributed by atoms with Crippen LogP contribution in [0.15, 0.2) is 54.7 Å². The number of hydrogen-bond acceptors (Lipinski definition) is 4. The molecule has 0 spiro atoms. The number of hydrogen-bond donors (Lipinski definition) is 2. The summed E-state index contributed by atoms with van der Waals surface area (Å²) in [6.45, 7) is 2.18. The Morgan fingerprint density at radius 2 is 1.40 bits per heavy atom. The molecule has 2 N–H and O–H groups in total. The summed E-state index contributed by atoms with van der Waals surface area (Å²) in [4.78, 5) is 9.49. The second-order valence-electron chi connectivity index (χ2n) is 6.10. The molecule has 3 aromatic rings. The van der Waals surface area contributed by atoms with E-state index in [-0.39, 0.29) is 11.5 Å². The van der Waals surface area contributed by atoms with Crippen LogP contribution in [-0.2, 0) is 6.42 Å². The average molecular weight is 334 g/mol. The highest BCUT2D eigenvalue weighted by molar-refractivity contribution is 5.66. The maximum Gasteiger partial charge on any atom is 0.115 e. The van der Waals surface area contributed by atoms with Crippen LogP contribution in [-0.4, -0.2) is 20.2 Å². The predicted molar refractivity (Wildman–Crippen MR) is 99.5 cm³/mol. The third-order valence-corrected chi connectivity index (χ3v) is 4.17. The molecule has 0 saturated heterocycles. The van der Waals surface area contributed by atoms with Crippen LogP contribution in [0.2, 0.25) is 0 Å². The highest BCUT2D eigenvalue weighted by Gasteiger charge is 2.11. The minimum atomic E-state index is 0.237. The van der Waals surface area contributed by atoms with Gasteiger partial charge in [-0.05, 0) is 61.4 Å². The van der Waals surface area contributed by atoms with Crippen LogP contribution >= 0.6 is 0 Å². The molecule has 0 radical (unpaired) electrons. The highest BCUT2D eigenvalue weighted by atomic mass is 16.3. The summed E-state index contributed by atoms with van der Waals surface area (Å²) in [6.07, 6.45) is 6.00. The number of aromatic nitrogens is 2. The van der Waals surface area contributed by atoms with Gasteiger partial charge in [-0.25, -0.2) is 4.98 Å². The lowest BCUT2D eigenvalue weighted by Gasteiger charge is -2.11. The number of aromatic hydroxyl groups is 2. The van der Waals surface area contributed by atoms with Crippen LogP contribution in [0.3, 0.4) is 0 Å². The van der Waals surface area contributed by atoms with Crippen LogP contribution in [0.25, 0.3) is 22.5 Å². The molecule has 0 unspecified atom stereocenters. The zero-order valence-electron chi connectivity index (χ0n) is 14.3. The molecular formula is C21H22N2O2. The van der Waals surface area contributed by atoms with Crippen LogP contribution in [0.1, 0.15) is 31.9 Å². The van der Waals surface area contributed by atoms with Gasteiger partial charge < -0.3 is 10.2 Å². The molecule has 1 heterocycles. The lowest BCUT2D eigenvalue weighted by Crippen LogP contribution is -2.00. The SMILES string of the molecule is CCCCCc1nc(-c2ccc(O)cc2)cnc1-c1ccc(O)cc1. The third kappa shape index (κ3) is 4.15. The molecule has 0 aliphatic rings. The molecular weight excluding hydrogens is 312 g/mol. The van der Waals surface area contributed by atoms with Gasteiger partial charge in [0.2, 0.25) is 0 Å². The maximum atomic E-state index is 9.50. The van der Waals surface area contributed by atoms with Gasteiger partial charge in [-0.3, -0.25) is 4.98 Å². The number of benzene rings is 2. The Hall–Kier alpha value is -2.88. The molecule has 3 rings (SSSR count). The fraction of sp³-hybridized carbons (Fsp3) is 0.238. The van der Waals surface area contributed by atoms with E-state index in [2.05, 4.69) is 11.9 Å². The van der Waals surface area contributed by atoms with Crippen LogP contribution in [0, 0.1) is 0 Å². The van der Waals surface area contributed by atoms with Gasteiger partial charge in [0, 0.05) is 11.1 Å². The molecule has 25 heavy (non-hydrogen) atoms. The molecule has 0 amide bonds. The first-order valence-corrected chi connectivity index (χ1v) is 8.62. The molecule has 0 aliphatic carbocycles.